The van der Waals surface area contributed by atoms with Crippen LogP contribution in [0.25, 0.3) is 0 Å². The first-order valence-electron chi connectivity index (χ1n) is 2.39. The zero-order valence-electron chi connectivity index (χ0n) is 4.75. The van der Waals surface area contributed by atoms with E-state index in [4.69, 9.17) is 0 Å². The highest BCUT2D eigenvalue weighted by Gasteiger charge is 1.91. The van der Waals surface area contributed by atoms with E-state index in [9.17, 15) is 4.39 Å². The monoisotopic (exact) mass is 178 g/mol. The summed E-state index contributed by atoms with van der Waals surface area (Å²) in [6.45, 7) is 5.03. The maximum Gasteiger partial charge on any atom is 0.129 e. The van der Waals surface area contributed by atoms with Crippen LogP contribution in [0.5, 0.6) is 0 Å². The van der Waals surface area contributed by atoms with E-state index in [1.165, 1.54) is 0 Å². The molecule has 0 saturated carbocycles. The second kappa shape index (κ2) is 3.84. The standard InChI is InChI=1S/C6H8BrF/c1-3-4-6(7)5(2)8/h4H,2-3H2,1H3/b6-4+. The van der Waals surface area contributed by atoms with Crippen molar-refractivity contribution in [3.05, 3.63) is 23.0 Å². The predicted molar refractivity (Wildman–Crippen MR) is 37.5 cm³/mol. The molecule has 0 N–H and O–H groups in total. The Hall–Kier alpha value is -0.110. The van der Waals surface area contributed by atoms with Gasteiger partial charge in [-0.25, -0.2) is 4.39 Å². The van der Waals surface area contributed by atoms with Gasteiger partial charge in [-0.05, 0) is 22.4 Å². The fourth-order valence-electron chi connectivity index (χ4n) is 0.290. The van der Waals surface area contributed by atoms with Crippen molar-refractivity contribution in [2.45, 2.75) is 13.3 Å². The summed E-state index contributed by atoms with van der Waals surface area (Å²) in [6.07, 6.45) is 2.55. The number of halogens is 2. The molecule has 0 saturated heterocycles. The zero-order chi connectivity index (χ0) is 6.57. The molecule has 0 aromatic rings. The Morgan fingerprint density at radius 2 is 2.38 bits per heavy atom. The summed E-state index contributed by atoms with van der Waals surface area (Å²) in [5.74, 6) is -0.410. The molecule has 0 heterocycles. The van der Waals surface area contributed by atoms with Crippen LogP contribution in [0, 0.1) is 0 Å². The Labute approximate surface area is 57.2 Å². The predicted octanol–water partition coefficient (Wildman–Crippen LogP) is 3.16. The third-order valence-electron chi connectivity index (χ3n) is 0.642. The van der Waals surface area contributed by atoms with Crippen LogP contribution in [0.15, 0.2) is 23.0 Å². The van der Waals surface area contributed by atoms with Gasteiger partial charge in [0.05, 0.1) is 0 Å². The lowest BCUT2D eigenvalue weighted by atomic mass is 10.4. The van der Waals surface area contributed by atoms with Crippen LogP contribution in [0.1, 0.15) is 13.3 Å². The molecule has 0 aliphatic rings. The van der Waals surface area contributed by atoms with Gasteiger partial charge in [0.15, 0.2) is 0 Å². The van der Waals surface area contributed by atoms with Crippen LogP contribution in [0.2, 0.25) is 0 Å². The van der Waals surface area contributed by atoms with E-state index in [2.05, 4.69) is 22.5 Å². The molecule has 0 spiro atoms. The summed E-state index contributed by atoms with van der Waals surface area (Å²) in [5, 5.41) is 0. The van der Waals surface area contributed by atoms with Crippen molar-refractivity contribution in [1.82, 2.24) is 0 Å². The second-order valence-electron chi connectivity index (χ2n) is 1.37. The summed E-state index contributed by atoms with van der Waals surface area (Å²) < 4.78 is 12.4. The number of hydrogen-bond acceptors (Lipinski definition) is 0. The highest BCUT2D eigenvalue weighted by molar-refractivity contribution is 9.11. The van der Waals surface area contributed by atoms with E-state index < -0.39 is 5.83 Å². The minimum atomic E-state index is -0.410. The van der Waals surface area contributed by atoms with Crippen LogP contribution >= 0.6 is 15.9 Å². The fraction of sp³-hybridized carbons (Fsp3) is 0.333. The van der Waals surface area contributed by atoms with Crippen molar-refractivity contribution in [1.29, 1.82) is 0 Å². The van der Waals surface area contributed by atoms with Crippen molar-refractivity contribution in [2.75, 3.05) is 0 Å². The average Bonchev–Trinajstić information content (AvgIpc) is 1.67. The van der Waals surface area contributed by atoms with Gasteiger partial charge in [0.1, 0.15) is 5.83 Å². The van der Waals surface area contributed by atoms with Crippen molar-refractivity contribution < 1.29 is 4.39 Å². The summed E-state index contributed by atoms with van der Waals surface area (Å²) in [4.78, 5) is 0. The fourth-order valence-corrected chi connectivity index (χ4v) is 0.614. The van der Waals surface area contributed by atoms with E-state index >= 15 is 0 Å². The normalized spacial score (nSPS) is 11.6. The minimum Gasteiger partial charge on any atom is -0.206 e. The van der Waals surface area contributed by atoms with Gasteiger partial charge >= 0.3 is 0 Å². The van der Waals surface area contributed by atoms with E-state index in [0.29, 0.717) is 4.48 Å². The van der Waals surface area contributed by atoms with Gasteiger partial charge in [-0.3, -0.25) is 0 Å². The molecule has 0 aliphatic heterocycles. The molecule has 2 heteroatoms. The smallest absolute Gasteiger partial charge is 0.129 e. The molecular weight excluding hydrogens is 171 g/mol. The van der Waals surface area contributed by atoms with Gasteiger partial charge in [-0.2, -0.15) is 0 Å². The zero-order valence-corrected chi connectivity index (χ0v) is 6.33. The first-order valence-corrected chi connectivity index (χ1v) is 3.18. The molecule has 0 aromatic carbocycles. The van der Waals surface area contributed by atoms with Crippen LogP contribution < -0.4 is 0 Å². The Bertz CT molecular complexity index is 116. The molecular formula is C6H8BrF. The van der Waals surface area contributed by atoms with Gasteiger partial charge in [0.25, 0.3) is 0 Å². The highest BCUT2D eigenvalue weighted by atomic mass is 79.9. The maximum absolute atomic E-state index is 12.0. The first kappa shape index (κ1) is 7.89. The van der Waals surface area contributed by atoms with Crippen LogP contribution in [0.4, 0.5) is 4.39 Å². The average molecular weight is 179 g/mol. The van der Waals surface area contributed by atoms with E-state index in [-0.39, 0.29) is 0 Å². The number of allylic oxidation sites excluding steroid dienone is 3. The molecule has 0 amide bonds. The van der Waals surface area contributed by atoms with Crippen LogP contribution in [0.3, 0.4) is 0 Å². The van der Waals surface area contributed by atoms with Crippen LogP contribution in [-0.4, -0.2) is 0 Å². The summed E-state index contributed by atoms with van der Waals surface area (Å²) >= 11 is 2.99. The lowest BCUT2D eigenvalue weighted by Crippen LogP contribution is -1.67. The van der Waals surface area contributed by atoms with Crippen molar-refractivity contribution in [3.8, 4) is 0 Å². The quantitative estimate of drug-likeness (QED) is 0.571. The molecule has 0 nitrogen and oxygen atoms in total. The van der Waals surface area contributed by atoms with Gasteiger partial charge in [0.2, 0.25) is 0 Å². The van der Waals surface area contributed by atoms with E-state index in [1.54, 1.807) is 6.08 Å². The molecule has 8 heavy (non-hydrogen) atoms. The minimum absolute atomic E-state index is 0.410. The second-order valence-corrected chi connectivity index (χ2v) is 2.22. The van der Waals surface area contributed by atoms with Gasteiger partial charge in [0, 0.05) is 4.48 Å². The SMILES string of the molecule is C=C(F)/C(Br)=C\CC. The van der Waals surface area contributed by atoms with Crippen LogP contribution in [-0.2, 0) is 0 Å². The molecule has 0 atom stereocenters. The Morgan fingerprint density at radius 1 is 1.88 bits per heavy atom. The summed E-state index contributed by atoms with van der Waals surface area (Å²) in [5.41, 5.74) is 0. The molecule has 0 aromatic heterocycles. The van der Waals surface area contributed by atoms with E-state index in [1.807, 2.05) is 6.92 Å². The topological polar surface area (TPSA) is 0 Å². The third-order valence-corrected chi connectivity index (χ3v) is 1.40. The Balaban J connectivity index is 3.80. The highest BCUT2D eigenvalue weighted by Crippen LogP contribution is 2.16. The maximum atomic E-state index is 12.0. The first-order chi connectivity index (χ1) is 3.68. The summed E-state index contributed by atoms with van der Waals surface area (Å²) in [6, 6.07) is 0. The van der Waals surface area contributed by atoms with Crippen molar-refractivity contribution in [3.63, 3.8) is 0 Å². The molecule has 0 radical (unpaired) electrons. The van der Waals surface area contributed by atoms with Crippen molar-refractivity contribution >= 4 is 15.9 Å². The Kier molecular flexibility index (Phi) is 3.79. The molecule has 0 fully saturated rings. The number of hydrogen-bond donors (Lipinski definition) is 0. The molecule has 0 unspecified atom stereocenters. The van der Waals surface area contributed by atoms with Gasteiger partial charge in [-0.1, -0.05) is 19.6 Å². The lowest BCUT2D eigenvalue weighted by Gasteiger charge is -1.87. The molecule has 0 bridgehead atoms. The largest absolute Gasteiger partial charge is 0.206 e. The Morgan fingerprint density at radius 3 is 2.50 bits per heavy atom. The molecule has 0 rings (SSSR count). The number of rotatable bonds is 2. The van der Waals surface area contributed by atoms with E-state index in [0.717, 1.165) is 6.42 Å². The van der Waals surface area contributed by atoms with Crippen molar-refractivity contribution in [2.24, 2.45) is 0 Å². The lowest BCUT2D eigenvalue weighted by molar-refractivity contribution is 0.667. The van der Waals surface area contributed by atoms with Gasteiger partial charge in [-0.15, -0.1) is 0 Å². The van der Waals surface area contributed by atoms with Gasteiger partial charge < -0.3 is 0 Å². The third kappa shape index (κ3) is 2.97. The molecule has 0 aliphatic carbocycles. The molecule has 46 valence electrons. The summed E-state index contributed by atoms with van der Waals surface area (Å²) in [7, 11) is 0.